The Bertz CT molecular complexity index is 4000. The van der Waals surface area contributed by atoms with Gasteiger partial charge in [0.05, 0.1) is 77.1 Å². The molecule has 8 aromatic rings. The van der Waals surface area contributed by atoms with E-state index in [0.29, 0.717) is 22.7 Å². The lowest BCUT2D eigenvalue weighted by molar-refractivity contribution is -0.202. The number of nitriles is 1. The molecule has 4 N–H and O–H groups in total. The number of H-pyrrole nitrogens is 1. The Morgan fingerprint density at radius 2 is 1.51 bits per heavy atom. The molecule has 0 radical (unpaired) electrons. The molecule has 2 amide bonds. The molecule has 3 aliphatic rings. The minimum atomic E-state index is -3.69. The van der Waals surface area contributed by atoms with Gasteiger partial charge in [-0.25, -0.2) is 19.9 Å². The van der Waals surface area contributed by atoms with E-state index in [4.69, 9.17) is 51.2 Å². The van der Waals surface area contributed by atoms with Crippen LogP contribution in [-0.2, 0) is 51.7 Å². The van der Waals surface area contributed by atoms with E-state index >= 15 is 0 Å². The highest BCUT2D eigenvalue weighted by molar-refractivity contribution is 8.00. The molecule has 3 fully saturated rings. The number of benzene rings is 4. The Morgan fingerprint density at radius 3 is 2.14 bits per heavy atom. The van der Waals surface area contributed by atoms with Crippen molar-refractivity contribution in [2.45, 2.75) is 112 Å². The number of imidazole rings is 2. The maximum absolute atomic E-state index is 13.5. The van der Waals surface area contributed by atoms with Gasteiger partial charge in [0.2, 0.25) is 11.9 Å². The highest BCUT2D eigenvalue weighted by atomic mass is 32.2. The number of fused-ring (bicyclic) bond motifs is 4. The van der Waals surface area contributed by atoms with Crippen LogP contribution < -0.4 is 25.7 Å². The molecule has 2 unspecified atom stereocenters. The Hall–Kier alpha value is -7.32. The Labute approximate surface area is 537 Å². The fourth-order valence-electron chi connectivity index (χ4n) is 11.0. The van der Waals surface area contributed by atoms with Gasteiger partial charge in [-0.05, 0) is 71.2 Å². The lowest BCUT2D eigenvalue weighted by Crippen LogP contribution is -2.50. The number of ether oxygens (including phenoxy) is 5. The van der Waals surface area contributed by atoms with Crippen molar-refractivity contribution in [3.05, 3.63) is 161 Å². The van der Waals surface area contributed by atoms with Gasteiger partial charge in [-0.15, -0.1) is 11.8 Å². The van der Waals surface area contributed by atoms with Gasteiger partial charge in [-0.1, -0.05) is 107 Å². The molecule has 4 aromatic heterocycles. The number of carbonyl (C=O) groups is 2. The summed E-state index contributed by atoms with van der Waals surface area (Å²) in [7, 11) is -5.80. The molecular formula is C62H71N11O15P2SSi. The van der Waals surface area contributed by atoms with Gasteiger partial charge >= 0.3 is 16.9 Å². The Morgan fingerprint density at radius 1 is 0.870 bits per heavy atom. The van der Waals surface area contributed by atoms with E-state index in [1.54, 1.807) is 61.5 Å². The SMILES string of the molecule is COc1ccc(C(OC[C@@]23CO[C@@H]([C@H](n4cnc5c(NC(=O)c6ccccc6)ncnc54)O2)[C@@H]3OP(OCCC#N)OC[C@H]2S[C@@H](n3cnc4c(=O)[nH]c(NC(=O)C(C)C)nc43)[C@H](O[PH](=O)O)[C@@H]2O[Si](C)(C)C(C)(C)C)(c2ccccc2)c2ccc(OC)cc2)cc1. The molecule has 30 heteroatoms. The number of aromatic nitrogens is 8. The van der Waals surface area contributed by atoms with Gasteiger partial charge in [-0.2, -0.15) is 10.2 Å². The number of hydrogen-bond acceptors (Lipinski definition) is 21. The Kier molecular flexibility index (Phi) is 19.9. The summed E-state index contributed by atoms with van der Waals surface area (Å²) in [5, 5.41) is 13.4. The molecule has 11 rings (SSSR count). The summed E-state index contributed by atoms with van der Waals surface area (Å²) in [6, 6.07) is 35.8. The van der Waals surface area contributed by atoms with E-state index < -0.39 is 101 Å². The van der Waals surface area contributed by atoms with E-state index in [-0.39, 0.29) is 66.3 Å². The van der Waals surface area contributed by atoms with Crippen LogP contribution in [0.3, 0.4) is 0 Å². The molecule has 2 bridgehead atoms. The number of methoxy groups -OCH3 is 2. The number of nitrogens with zero attached hydrogens (tertiary/aromatic N) is 8. The summed E-state index contributed by atoms with van der Waals surface area (Å²) in [5.74, 6) is 0.0302. The summed E-state index contributed by atoms with van der Waals surface area (Å²) < 4.78 is 83.0. The van der Waals surface area contributed by atoms with Crippen molar-refractivity contribution in [3.63, 3.8) is 0 Å². The summed E-state index contributed by atoms with van der Waals surface area (Å²) in [4.78, 5) is 76.0. The molecule has 26 nitrogen and oxygen atoms in total. The van der Waals surface area contributed by atoms with Crippen molar-refractivity contribution in [2.24, 2.45) is 5.92 Å². The minimum Gasteiger partial charge on any atom is -0.497 e. The molecule has 7 heterocycles. The van der Waals surface area contributed by atoms with E-state index in [1.165, 1.54) is 30.7 Å². The third-order valence-corrected chi connectivity index (χ3v) is 24.4. The van der Waals surface area contributed by atoms with Crippen molar-refractivity contribution in [1.82, 2.24) is 39.0 Å². The van der Waals surface area contributed by atoms with Gasteiger partial charge in [-0.3, -0.25) is 38.4 Å². The molecule has 3 saturated heterocycles. The largest absolute Gasteiger partial charge is 0.497 e. The predicted octanol–water partition coefficient (Wildman–Crippen LogP) is 9.83. The fraction of sp³-hybridized carbons (Fsp3) is 0.403. The second-order valence-electron chi connectivity index (χ2n) is 23.9. The first kappa shape index (κ1) is 66.1. The maximum atomic E-state index is 13.5. The predicted molar refractivity (Wildman–Crippen MR) is 345 cm³/mol. The second kappa shape index (κ2) is 27.7. The number of thioether (sulfide) groups is 1. The normalized spacial score (nSPS) is 22.2. The number of carbonyl (C=O) groups excluding carboxylic acids is 2. The number of anilines is 2. The lowest BCUT2D eigenvalue weighted by Gasteiger charge is -2.41. The third kappa shape index (κ3) is 13.4. The van der Waals surface area contributed by atoms with Crippen LogP contribution in [0.1, 0.15) is 79.7 Å². The van der Waals surface area contributed by atoms with Crippen molar-refractivity contribution < 1.29 is 65.3 Å². The monoisotopic (exact) mass is 1330 g/mol. The van der Waals surface area contributed by atoms with Gasteiger partial charge < -0.3 is 56.4 Å². The number of amides is 2. The number of rotatable bonds is 26. The van der Waals surface area contributed by atoms with Crippen LogP contribution in [0.2, 0.25) is 18.1 Å². The summed E-state index contributed by atoms with van der Waals surface area (Å²) in [6.45, 7) is 13.1. The van der Waals surface area contributed by atoms with E-state index in [9.17, 15) is 29.1 Å². The molecule has 10 atom stereocenters. The average molecular weight is 1330 g/mol. The second-order valence-corrected chi connectivity index (χ2v) is 32.0. The molecule has 0 saturated carbocycles. The van der Waals surface area contributed by atoms with Crippen molar-refractivity contribution in [2.75, 3.05) is 51.3 Å². The summed E-state index contributed by atoms with van der Waals surface area (Å²) in [5.41, 5.74) is -0.276. The molecule has 92 heavy (non-hydrogen) atoms. The number of aromatic amines is 1. The minimum absolute atomic E-state index is 0.0474. The molecule has 3 aliphatic heterocycles. The quantitative estimate of drug-likeness (QED) is 0.0169. The zero-order valence-corrected chi connectivity index (χ0v) is 55.6. The lowest BCUT2D eigenvalue weighted by atomic mass is 9.79. The first-order valence-electron chi connectivity index (χ1n) is 29.6. The van der Waals surface area contributed by atoms with Gasteiger partial charge in [0, 0.05) is 11.5 Å². The van der Waals surface area contributed by atoms with E-state index in [1.807, 2.05) is 98.0 Å². The van der Waals surface area contributed by atoms with Crippen LogP contribution in [0.15, 0.2) is 133 Å². The molecular weight excluding hydrogens is 1260 g/mol. The first-order valence-corrected chi connectivity index (χ1v) is 35.8. The standard InChI is InChI=1S/C62H71N11O15P2SSi/c1-37(2)54(74)70-59-69-53-46(56(76)71-59)67-36-73(53)58-48(86-89(77)78)47(88-92(8,9)60(3,4)5)44(91-58)31-84-90(83-30-16-29-63)87-50-49-57(72-35-66-45-51(64-34-65-52(45)72)68-55(75)38-17-12-10-13-18-38)85-61(50,32-81-49)33-82-62(39-19-14-11-15-20-39,40-21-25-42(79-6)26-22-40)41-23-27-43(80-7)28-24-41/h10-15,17-28,34-37,44,47-50,57-58,89H,16,30-33H2,1-9H3,(H,77,78)(H,64,65,68,75)(H2,69,70,71,74,76)/t44-,47-,48-,49-,50+,57-,58-,61-,90?/m1/s1. The first-order chi connectivity index (χ1) is 44.2. The number of nitrogens with one attached hydrogen (secondary N) is 3. The summed E-state index contributed by atoms with van der Waals surface area (Å²) >= 11 is 1.27. The fourth-order valence-corrected chi connectivity index (χ4v) is 15.8. The molecule has 0 spiro atoms. The molecule has 4 aromatic carbocycles. The Balaban J connectivity index is 0.987. The van der Waals surface area contributed by atoms with Crippen LogP contribution in [-0.4, -0.2) is 140 Å². The summed E-state index contributed by atoms with van der Waals surface area (Å²) in [6.07, 6.45) is -1.02. The van der Waals surface area contributed by atoms with Crippen molar-refractivity contribution >= 4 is 82.8 Å². The smallest absolute Gasteiger partial charge is 0.333 e. The van der Waals surface area contributed by atoms with Crippen LogP contribution in [0.4, 0.5) is 11.8 Å². The van der Waals surface area contributed by atoms with Gasteiger partial charge in [0.15, 0.2) is 42.7 Å². The highest BCUT2D eigenvalue weighted by Gasteiger charge is 2.65. The van der Waals surface area contributed by atoms with Gasteiger partial charge in [0.1, 0.15) is 52.7 Å². The topological polar surface area (TPSA) is 319 Å². The van der Waals surface area contributed by atoms with Crippen LogP contribution >= 0.6 is 28.6 Å². The maximum Gasteiger partial charge on any atom is 0.333 e. The highest BCUT2D eigenvalue weighted by Crippen LogP contribution is 2.57. The zero-order chi connectivity index (χ0) is 65.1. The van der Waals surface area contributed by atoms with Gasteiger partial charge in [0.25, 0.3) is 11.5 Å². The van der Waals surface area contributed by atoms with E-state index in [2.05, 4.69) is 62.4 Å². The molecule has 484 valence electrons. The van der Waals surface area contributed by atoms with Crippen molar-refractivity contribution in [3.8, 4) is 17.6 Å². The van der Waals surface area contributed by atoms with Crippen LogP contribution in [0.5, 0.6) is 11.5 Å². The van der Waals surface area contributed by atoms with Crippen molar-refractivity contribution in [1.29, 1.82) is 5.26 Å². The van der Waals surface area contributed by atoms with Crippen LogP contribution in [0, 0.1) is 17.2 Å². The number of hydrogen-bond donors (Lipinski definition) is 4. The third-order valence-electron chi connectivity index (χ3n) is 16.8. The average Bonchev–Trinajstić information content (AvgIpc) is 1.52. The molecule has 0 aliphatic carbocycles. The van der Waals surface area contributed by atoms with E-state index in [0.717, 1.165) is 16.7 Å². The van der Waals surface area contributed by atoms with Crippen LogP contribution in [0.25, 0.3) is 22.3 Å². The zero-order valence-electron chi connectivity index (χ0n) is 51.9.